The van der Waals surface area contributed by atoms with Crippen molar-refractivity contribution >= 4 is 11.8 Å². The zero-order valence-corrected chi connectivity index (χ0v) is 17.2. The van der Waals surface area contributed by atoms with Gasteiger partial charge in [0.05, 0.1) is 5.92 Å². The minimum absolute atomic E-state index is 0.0148. The first kappa shape index (κ1) is 20.5. The minimum Gasteiger partial charge on any atom is -0.368 e. The molecule has 2 atom stereocenters. The molecule has 6 heteroatoms. The molecular weight excluding hydrogens is 383 g/mol. The molecule has 0 aliphatic carbocycles. The van der Waals surface area contributed by atoms with Gasteiger partial charge in [0.15, 0.2) is 0 Å². The van der Waals surface area contributed by atoms with Gasteiger partial charge in [-0.3, -0.25) is 9.59 Å². The average Bonchev–Trinajstić information content (AvgIpc) is 3.25. The van der Waals surface area contributed by atoms with Crippen molar-refractivity contribution in [3.8, 4) is 11.1 Å². The highest BCUT2D eigenvalue weighted by atomic mass is 19.1. The van der Waals surface area contributed by atoms with Gasteiger partial charge in [-0.2, -0.15) is 0 Å². The molecule has 2 aromatic rings. The second kappa shape index (κ2) is 8.96. The molecule has 2 aliphatic rings. The van der Waals surface area contributed by atoms with E-state index >= 15 is 0 Å². The molecule has 4 rings (SSSR count). The van der Waals surface area contributed by atoms with Gasteiger partial charge in [0.1, 0.15) is 11.9 Å². The van der Waals surface area contributed by atoms with E-state index in [4.69, 9.17) is 4.74 Å². The molecule has 2 amide bonds. The van der Waals surface area contributed by atoms with Crippen LogP contribution >= 0.6 is 0 Å². The van der Waals surface area contributed by atoms with Crippen LogP contribution in [-0.4, -0.2) is 61.0 Å². The largest absolute Gasteiger partial charge is 0.368 e. The van der Waals surface area contributed by atoms with E-state index in [1.807, 2.05) is 30.3 Å². The number of rotatable bonds is 4. The number of hydrogen-bond acceptors (Lipinski definition) is 3. The molecule has 2 heterocycles. The Morgan fingerprint density at radius 1 is 1.17 bits per heavy atom. The Balaban J connectivity index is 1.59. The third-order valence-electron chi connectivity index (χ3n) is 6.01. The van der Waals surface area contributed by atoms with Gasteiger partial charge in [0, 0.05) is 33.3 Å². The Kier molecular flexibility index (Phi) is 6.13. The van der Waals surface area contributed by atoms with Crippen molar-refractivity contribution < 1.29 is 18.7 Å². The van der Waals surface area contributed by atoms with E-state index in [1.54, 1.807) is 22.9 Å². The van der Waals surface area contributed by atoms with Crippen molar-refractivity contribution in [1.29, 1.82) is 0 Å². The number of ether oxygens (including phenoxy) is 1. The highest BCUT2D eigenvalue weighted by Crippen LogP contribution is 2.28. The summed E-state index contributed by atoms with van der Waals surface area (Å²) >= 11 is 0. The van der Waals surface area contributed by atoms with E-state index in [0.717, 1.165) is 29.5 Å². The number of hydrogen-bond donors (Lipinski definition) is 0. The Hall–Kier alpha value is -2.73. The summed E-state index contributed by atoms with van der Waals surface area (Å²) in [6.45, 7) is 2.02. The van der Waals surface area contributed by atoms with Gasteiger partial charge in [0.25, 0.3) is 5.91 Å². The molecule has 0 unspecified atom stereocenters. The third kappa shape index (κ3) is 4.38. The Morgan fingerprint density at radius 2 is 2.00 bits per heavy atom. The topological polar surface area (TPSA) is 49.9 Å². The molecule has 2 fully saturated rings. The van der Waals surface area contributed by atoms with Crippen molar-refractivity contribution in [3.63, 3.8) is 0 Å². The summed E-state index contributed by atoms with van der Waals surface area (Å²) in [6.07, 6.45) is 1.74. The van der Waals surface area contributed by atoms with E-state index in [1.165, 1.54) is 12.1 Å². The molecule has 2 aliphatic heterocycles. The second-order valence-electron chi connectivity index (χ2n) is 8.11. The number of carbonyl (C=O) groups excluding carboxylic acids is 2. The molecular formula is C24H27FN2O3. The zero-order chi connectivity index (χ0) is 21.1. The maximum absolute atomic E-state index is 13.8. The molecule has 158 valence electrons. The number of benzene rings is 2. The van der Waals surface area contributed by atoms with Crippen LogP contribution in [0, 0.1) is 11.7 Å². The fraction of sp³-hybridized carbons (Fsp3) is 0.417. The standard InChI is InChI=1S/C24H27FN2O3/c1-26-11-12-27(24(29)22-10-5-13-30-22)16-19(23(26)28)14-17-6-2-3-9-21(17)18-7-4-8-20(25)15-18/h2-4,6-9,15,19,22H,5,10-14,16H2,1H3/t19-,22+/m0/s1. The first-order valence-corrected chi connectivity index (χ1v) is 10.5. The van der Waals surface area contributed by atoms with E-state index in [0.29, 0.717) is 32.7 Å². The van der Waals surface area contributed by atoms with Gasteiger partial charge < -0.3 is 14.5 Å². The van der Waals surface area contributed by atoms with Crippen molar-refractivity contribution in [2.45, 2.75) is 25.4 Å². The van der Waals surface area contributed by atoms with Crippen LogP contribution in [0.1, 0.15) is 18.4 Å². The van der Waals surface area contributed by atoms with Crippen molar-refractivity contribution in [2.75, 3.05) is 33.3 Å². The van der Waals surface area contributed by atoms with Crippen molar-refractivity contribution in [2.24, 2.45) is 5.92 Å². The Labute approximate surface area is 176 Å². The monoisotopic (exact) mass is 410 g/mol. The number of likely N-dealkylation sites (N-methyl/N-ethyl adjacent to an activating group) is 1. The van der Waals surface area contributed by atoms with E-state index in [2.05, 4.69) is 0 Å². The highest BCUT2D eigenvalue weighted by Gasteiger charge is 2.35. The van der Waals surface area contributed by atoms with Gasteiger partial charge in [-0.15, -0.1) is 0 Å². The van der Waals surface area contributed by atoms with Gasteiger partial charge in [-0.05, 0) is 48.1 Å². The third-order valence-corrected chi connectivity index (χ3v) is 6.01. The highest BCUT2D eigenvalue weighted by molar-refractivity contribution is 5.84. The number of amides is 2. The summed E-state index contributed by atoms with van der Waals surface area (Å²) in [5.41, 5.74) is 2.67. The molecule has 0 bridgehead atoms. The lowest BCUT2D eigenvalue weighted by molar-refractivity contribution is -0.141. The maximum Gasteiger partial charge on any atom is 0.251 e. The Bertz CT molecular complexity index is 926. The van der Waals surface area contributed by atoms with Crippen LogP contribution < -0.4 is 0 Å². The lowest BCUT2D eigenvalue weighted by Crippen LogP contribution is -2.42. The first-order valence-electron chi connectivity index (χ1n) is 10.5. The minimum atomic E-state index is -0.385. The van der Waals surface area contributed by atoms with Gasteiger partial charge in [-0.1, -0.05) is 36.4 Å². The van der Waals surface area contributed by atoms with Crippen LogP contribution in [-0.2, 0) is 20.7 Å². The van der Waals surface area contributed by atoms with Crippen LogP contribution in [0.2, 0.25) is 0 Å². The predicted octanol–water partition coefficient (Wildman–Crippen LogP) is 3.13. The molecule has 0 saturated carbocycles. The average molecular weight is 410 g/mol. The summed E-state index contributed by atoms with van der Waals surface area (Å²) in [5, 5.41) is 0. The Morgan fingerprint density at radius 3 is 2.77 bits per heavy atom. The molecule has 2 aromatic carbocycles. The fourth-order valence-corrected chi connectivity index (χ4v) is 4.36. The summed E-state index contributed by atoms with van der Waals surface area (Å²) < 4.78 is 19.4. The van der Waals surface area contributed by atoms with Crippen molar-refractivity contribution in [3.05, 3.63) is 59.9 Å². The normalized spacial score (nSPS) is 22.3. The van der Waals surface area contributed by atoms with Crippen LogP contribution in [0.15, 0.2) is 48.5 Å². The maximum atomic E-state index is 13.8. The van der Waals surface area contributed by atoms with Crippen LogP contribution in [0.4, 0.5) is 4.39 Å². The van der Waals surface area contributed by atoms with E-state index in [9.17, 15) is 14.0 Å². The number of nitrogens with zero attached hydrogens (tertiary/aromatic N) is 2. The molecule has 5 nitrogen and oxygen atoms in total. The van der Waals surface area contributed by atoms with Crippen LogP contribution in [0.5, 0.6) is 0 Å². The summed E-state index contributed by atoms with van der Waals surface area (Å²) in [6, 6.07) is 14.3. The number of carbonyl (C=O) groups is 2. The number of halogens is 1. The van der Waals surface area contributed by atoms with Gasteiger partial charge in [0.2, 0.25) is 5.91 Å². The van der Waals surface area contributed by atoms with E-state index < -0.39 is 0 Å². The van der Waals surface area contributed by atoms with E-state index in [-0.39, 0.29) is 29.7 Å². The quantitative estimate of drug-likeness (QED) is 0.778. The molecule has 0 spiro atoms. The smallest absolute Gasteiger partial charge is 0.251 e. The summed E-state index contributed by atoms with van der Waals surface area (Å²) in [5.74, 6) is -0.621. The molecule has 0 radical (unpaired) electrons. The summed E-state index contributed by atoms with van der Waals surface area (Å²) in [4.78, 5) is 29.4. The summed E-state index contributed by atoms with van der Waals surface area (Å²) in [7, 11) is 1.79. The second-order valence-corrected chi connectivity index (χ2v) is 8.11. The first-order chi connectivity index (χ1) is 14.5. The lowest BCUT2D eigenvalue weighted by atomic mass is 9.91. The lowest BCUT2D eigenvalue weighted by Gasteiger charge is -2.26. The zero-order valence-electron chi connectivity index (χ0n) is 17.2. The van der Waals surface area contributed by atoms with Crippen LogP contribution in [0.3, 0.4) is 0 Å². The molecule has 0 N–H and O–H groups in total. The van der Waals surface area contributed by atoms with Crippen molar-refractivity contribution in [1.82, 2.24) is 9.80 Å². The van der Waals surface area contributed by atoms with Gasteiger partial charge in [-0.25, -0.2) is 4.39 Å². The SMILES string of the molecule is CN1CCN(C(=O)[C@H]2CCCO2)C[C@H](Cc2ccccc2-c2cccc(F)c2)C1=O. The molecule has 2 saturated heterocycles. The molecule has 0 aromatic heterocycles. The molecule has 30 heavy (non-hydrogen) atoms. The van der Waals surface area contributed by atoms with Gasteiger partial charge >= 0.3 is 0 Å². The van der Waals surface area contributed by atoms with Crippen LogP contribution in [0.25, 0.3) is 11.1 Å². The predicted molar refractivity (Wildman–Crippen MR) is 112 cm³/mol. The fourth-order valence-electron chi connectivity index (χ4n) is 4.36.